The predicted molar refractivity (Wildman–Crippen MR) is 64.6 cm³/mol. The molecule has 0 aliphatic rings. The van der Waals surface area contributed by atoms with Gasteiger partial charge in [-0.05, 0) is 12.5 Å². The van der Waals surface area contributed by atoms with Gasteiger partial charge in [-0.1, -0.05) is 13.0 Å². The Bertz CT molecular complexity index is 482. The lowest BCUT2D eigenvalue weighted by Gasteiger charge is -2.03. The van der Waals surface area contributed by atoms with E-state index < -0.39 is 0 Å². The van der Waals surface area contributed by atoms with Crippen molar-refractivity contribution in [2.24, 2.45) is 5.84 Å². The molecule has 0 aliphatic heterocycles. The van der Waals surface area contributed by atoms with Crippen molar-refractivity contribution in [3.8, 4) is 11.6 Å². The van der Waals surface area contributed by atoms with E-state index in [0.29, 0.717) is 17.4 Å². The molecule has 0 spiro atoms. The Morgan fingerprint density at radius 3 is 3.12 bits per heavy atom. The lowest BCUT2D eigenvalue weighted by Crippen LogP contribution is -2.08. The monoisotopic (exact) mass is 233 g/mol. The van der Waals surface area contributed by atoms with Crippen molar-refractivity contribution in [3.63, 3.8) is 0 Å². The van der Waals surface area contributed by atoms with Gasteiger partial charge in [0.2, 0.25) is 5.88 Å². The highest BCUT2D eigenvalue weighted by Gasteiger charge is 2.02. The molecule has 0 saturated carbocycles. The lowest BCUT2D eigenvalue weighted by atomic mass is 10.4. The molecule has 0 amide bonds. The summed E-state index contributed by atoms with van der Waals surface area (Å²) in [6, 6.07) is 5.33. The zero-order valence-corrected chi connectivity index (χ0v) is 9.63. The largest absolute Gasteiger partial charge is 0.436 e. The first-order chi connectivity index (χ1) is 8.31. The maximum atomic E-state index is 5.56. The molecule has 0 radical (unpaired) electrons. The number of rotatable bonds is 5. The van der Waals surface area contributed by atoms with Gasteiger partial charge in [0.1, 0.15) is 5.82 Å². The highest BCUT2D eigenvalue weighted by molar-refractivity contribution is 5.36. The fraction of sp³-hybridized carbons (Fsp3) is 0.273. The number of hydrogen-bond acceptors (Lipinski definition) is 5. The molecular formula is C11H15N5O. The number of nitrogens with zero attached hydrogens (tertiary/aromatic N) is 3. The minimum Gasteiger partial charge on any atom is -0.436 e. The number of ether oxygens (including phenoxy) is 1. The summed E-state index contributed by atoms with van der Waals surface area (Å²) in [5, 5.41) is 4.17. The Morgan fingerprint density at radius 1 is 1.47 bits per heavy atom. The molecule has 90 valence electrons. The highest BCUT2D eigenvalue weighted by atomic mass is 16.5. The number of nitrogen functional groups attached to an aromatic ring is 1. The Morgan fingerprint density at radius 2 is 2.35 bits per heavy atom. The first kappa shape index (κ1) is 11.4. The van der Waals surface area contributed by atoms with Gasteiger partial charge in [0.05, 0.1) is 12.4 Å². The van der Waals surface area contributed by atoms with Gasteiger partial charge in [-0.2, -0.15) is 10.1 Å². The third kappa shape index (κ3) is 2.94. The normalized spacial score (nSPS) is 10.2. The first-order valence-electron chi connectivity index (χ1n) is 5.46. The van der Waals surface area contributed by atoms with Gasteiger partial charge in [-0.3, -0.25) is 4.68 Å². The molecule has 0 aromatic carbocycles. The Labute approximate surface area is 99.4 Å². The van der Waals surface area contributed by atoms with E-state index in [4.69, 9.17) is 10.6 Å². The number of nitrogens with one attached hydrogen (secondary N) is 1. The number of nitrogens with two attached hydrogens (primary N) is 1. The summed E-state index contributed by atoms with van der Waals surface area (Å²) < 4.78 is 7.39. The molecule has 0 saturated heterocycles. The second-order valence-electron chi connectivity index (χ2n) is 3.55. The summed E-state index contributed by atoms with van der Waals surface area (Å²) in [4.78, 5) is 4.15. The van der Waals surface area contributed by atoms with Crippen molar-refractivity contribution in [2.75, 3.05) is 5.43 Å². The number of pyridine rings is 1. The van der Waals surface area contributed by atoms with Gasteiger partial charge < -0.3 is 10.2 Å². The van der Waals surface area contributed by atoms with Crippen LogP contribution in [0.4, 0.5) is 5.82 Å². The van der Waals surface area contributed by atoms with Crippen molar-refractivity contribution in [2.45, 2.75) is 19.9 Å². The molecule has 0 unspecified atom stereocenters. The van der Waals surface area contributed by atoms with Crippen LogP contribution in [0.5, 0.6) is 11.6 Å². The van der Waals surface area contributed by atoms with Gasteiger partial charge in [-0.15, -0.1) is 0 Å². The van der Waals surface area contributed by atoms with Crippen molar-refractivity contribution in [3.05, 3.63) is 30.6 Å². The number of aromatic nitrogens is 3. The van der Waals surface area contributed by atoms with Gasteiger partial charge in [0.25, 0.3) is 0 Å². The summed E-state index contributed by atoms with van der Waals surface area (Å²) in [5.41, 5.74) is 2.47. The van der Waals surface area contributed by atoms with Crippen LogP contribution in [0.2, 0.25) is 0 Å². The molecule has 17 heavy (non-hydrogen) atoms. The smallest absolute Gasteiger partial charge is 0.221 e. The standard InChI is InChI=1S/C11H15N5O/c1-2-6-16-8-9(7-13-16)17-11-5-3-4-10(14-11)15-12/h3-5,7-8H,2,6,12H2,1H3,(H,14,15). The van der Waals surface area contributed by atoms with Crippen molar-refractivity contribution < 1.29 is 4.74 Å². The Hall–Kier alpha value is -2.08. The second-order valence-corrected chi connectivity index (χ2v) is 3.55. The van der Waals surface area contributed by atoms with Crippen LogP contribution in [0.25, 0.3) is 0 Å². The maximum Gasteiger partial charge on any atom is 0.221 e. The molecule has 2 aromatic heterocycles. The third-order valence-electron chi connectivity index (χ3n) is 2.16. The van der Waals surface area contributed by atoms with E-state index >= 15 is 0 Å². The van der Waals surface area contributed by atoms with Gasteiger partial charge in [-0.25, -0.2) is 5.84 Å². The van der Waals surface area contributed by atoms with Gasteiger partial charge in [0, 0.05) is 12.6 Å². The molecular weight excluding hydrogens is 218 g/mol. The van der Waals surface area contributed by atoms with Crippen LogP contribution in [0.1, 0.15) is 13.3 Å². The summed E-state index contributed by atoms with van der Waals surface area (Å²) in [6.45, 7) is 2.97. The van der Waals surface area contributed by atoms with Crippen LogP contribution in [0, 0.1) is 0 Å². The summed E-state index contributed by atoms with van der Waals surface area (Å²) >= 11 is 0. The summed E-state index contributed by atoms with van der Waals surface area (Å²) in [6.07, 6.45) is 4.54. The Kier molecular flexibility index (Phi) is 3.56. The summed E-state index contributed by atoms with van der Waals surface area (Å²) in [5.74, 6) is 6.98. The van der Waals surface area contributed by atoms with Crippen molar-refractivity contribution in [1.29, 1.82) is 0 Å². The van der Waals surface area contributed by atoms with E-state index in [0.717, 1.165) is 13.0 Å². The second kappa shape index (κ2) is 5.31. The molecule has 3 N–H and O–H groups in total. The number of hydrogen-bond donors (Lipinski definition) is 2. The average Bonchev–Trinajstić information content (AvgIpc) is 2.77. The van der Waals surface area contributed by atoms with Crippen LogP contribution < -0.4 is 16.0 Å². The molecule has 6 nitrogen and oxygen atoms in total. The third-order valence-corrected chi connectivity index (χ3v) is 2.16. The van der Waals surface area contributed by atoms with Gasteiger partial charge in [0.15, 0.2) is 5.75 Å². The van der Waals surface area contributed by atoms with Crippen LogP contribution in [0.15, 0.2) is 30.6 Å². The van der Waals surface area contributed by atoms with Gasteiger partial charge >= 0.3 is 0 Å². The number of anilines is 1. The van der Waals surface area contributed by atoms with Crippen LogP contribution in [-0.4, -0.2) is 14.8 Å². The summed E-state index contributed by atoms with van der Waals surface area (Å²) in [7, 11) is 0. The molecule has 2 heterocycles. The fourth-order valence-corrected chi connectivity index (χ4v) is 1.42. The molecule has 0 bridgehead atoms. The minimum absolute atomic E-state index is 0.483. The van der Waals surface area contributed by atoms with Crippen LogP contribution in [0.3, 0.4) is 0 Å². The maximum absolute atomic E-state index is 5.56. The van der Waals surface area contributed by atoms with E-state index in [9.17, 15) is 0 Å². The molecule has 6 heteroatoms. The molecule has 2 rings (SSSR count). The number of hydrazine groups is 1. The Balaban J connectivity index is 2.08. The van der Waals surface area contributed by atoms with E-state index in [-0.39, 0.29) is 0 Å². The molecule has 0 fully saturated rings. The SMILES string of the molecule is CCCn1cc(Oc2cccc(NN)n2)cn1. The zero-order valence-electron chi connectivity index (χ0n) is 9.63. The lowest BCUT2D eigenvalue weighted by molar-refractivity contribution is 0.462. The average molecular weight is 233 g/mol. The van der Waals surface area contributed by atoms with E-state index in [1.54, 1.807) is 18.3 Å². The van der Waals surface area contributed by atoms with Crippen LogP contribution >= 0.6 is 0 Å². The van der Waals surface area contributed by atoms with Crippen molar-refractivity contribution in [1.82, 2.24) is 14.8 Å². The molecule has 0 atom stereocenters. The zero-order chi connectivity index (χ0) is 12.1. The van der Waals surface area contributed by atoms with E-state index in [1.807, 2.05) is 16.9 Å². The fourth-order valence-electron chi connectivity index (χ4n) is 1.42. The first-order valence-corrected chi connectivity index (χ1v) is 5.46. The molecule has 0 aliphatic carbocycles. The van der Waals surface area contributed by atoms with Crippen LogP contribution in [-0.2, 0) is 6.54 Å². The van der Waals surface area contributed by atoms with E-state index in [1.165, 1.54) is 0 Å². The number of aryl methyl sites for hydroxylation is 1. The minimum atomic E-state index is 0.483. The highest BCUT2D eigenvalue weighted by Crippen LogP contribution is 2.19. The predicted octanol–water partition coefficient (Wildman–Crippen LogP) is 1.77. The molecule has 2 aromatic rings. The van der Waals surface area contributed by atoms with E-state index in [2.05, 4.69) is 22.4 Å². The quantitative estimate of drug-likeness (QED) is 0.607. The van der Waals surface area contributed by atoms with Crippen molar-refractivity contribution >= 4 is 5.82 Å². The topological polar surface area (TPSA) is 78.0 Å².